The van der Waals surface area contributed by atoms with Crippen molar-refractivity contribution in [3.63, 3.8) is 0 Å². The Kier molecular flexibility index (Phi) is 4.36. The number of hydrogen-bond donors (Lipinski definition) is 2. The maximum atomic E-state index is 11.8. The second-order valence-electron chi connectivity index (χ2n) is 5.19. The van der Waals surface area contributed by atoms with E-state index < -0.39 is 0 Å². The average molecular weight is 251 g/mol. The predicted octanol–water partition coefficient (Wildman–Crippen LogP) is 1.53. The molecule has 0 aromatic carbocycles. The number of oxazole rings is 1. The summed E-state index contributed by atoms with van der Waals surface area (Å²) >= 11 is 0. The Morgan fingerprint density at radius 3 is 2.94 bits per heavy atom. The normalized spacial score (nSPS) is 17.1. The SMILES string of the molecule is CC(C)CNC(=O)c1cnc(C2CCNCC2)o1. The molecule has 5 nitrogen and oxygen atoms in total. The van der Waals surface area contributed by atoms with E-state index in [1.807, 2.05) is 0 Å². The second-order valence-corrected chi connectivity index (χ2v) is 5.19. The number of carbonyl (C=O) groups is 1. The molecule has 1 aromatic heterocycles. The van der Waals surface area contributed by atoms with Gasteiger partial charge in [0.2, 0.25) is 5.76 Å². The molecule has 1 saturated heterocycles. The highest BCUT2D eigenvalue weighted by molar-refractivity contribution is 5.91. The molecular formula is C13H21N3O2. The summed E-state index contributed by atoms with van der Waals surface area (Å²) in [4.78, 5) is 16.0. The second kappa shape index (κ2) is 6.00. The molecule has 0 radical (unpaired) electrons. The molecule has 2 heterocycles. The van der Waals surface area contributed by atoms with Crippen molar-refractivity contribution in [1.29, 1.82) is 0 Å². The Hall–Kier alpha value is -1.36. The van der Waals surface area contributed by atoms with Gasteiger partial charge in [0, 0.05) is 12.5 Å². The fourth-order valence-electron chi connectivity index (χ4n) is 2.03. The number of piperidine rings is 1. The third-order valence-electron chi connectivity index (χ3n) is 3.11. The minimum absolute atomic E-state index is 0.170. The lowest BCUT2D eigenvalue weighted by Crippen LogP contribution is -2.27. The maximum Gasteiger partial charge on any atom is 0.288 e. The van der Waals surface area contributed by atoms with Gasteiger partial charge in [-0.25, -0.2) is 4.98 Å². The zero-order valence-electron chi connectivity index (χ0n) is 11.0. The van der Waals surface area contributed by atoms with E-state index >= 15 is 0 Å². The summed E-state index contributed by atoms with van der Waals surface area (Å²) in [7, 11) is 0. The first kappa shape index (κ1) is 13.1. The molecule has 0 bridgehead atoms. The van der Waals surface area contributed by atoms with E-state index in [2.05, 4.69) is 29.5 Å². The van der Waals surface area contributed by atoms with Crippen LogP contribution in [0.1, 0.15) is 49.1 Å². The van der Waals surface area contributed by atoms with Crippen LogP contribution >= 0.6 is 0 Å². The first-order valence-electron chi connectivity index (χ1n) is 6.61. The number of rotatable bonds is 4. The lowest BCUT2D eigenvalue weighted by Gasteiger charge is -2.19. The summed E-state index contributed by atoms with van der Waals surface area (Å²) in [6.45, 7) is 6.74. The standard InChI is InChI=1S/C13H21N3O2/c1-9(2)7-15-12(17)11-8-16-13(18-11)10-3-5-14-6-4-10/h8-10,14H,3-7H2,1-2H3,(H,15,17). The molecule has 1 fully saturated rings. The van der Waals surface area contributed by atoms with Crippen LogP contribution in [0.5, 0.6) is 0 Å². The van der Waals surface area contributed by atoms with Crippen LogP contribution < -0.4 is 10.6 Å². The van der Waals surface area contributed by atoms with Gasteiger partial charge in [-0.15, -0.1) is 0 Å². The van der Waals surface area contributed by atoms with E-state index in [1.54, 1.807) is 0 Å². The highest BCUT2D eigenvalue weighted by atomic mass is 16.4. The topological polar surface area (TPSA) is 67.2 Å². The highest BCUT2D eigenvalue weighted by Crippen LogP contribution is 2.24. The van der Waals surface area contributed by atoms with E-state index in [1.165, 1.54) is 6.20 Å². The largest absolute Gasteiger partial charge is 0.435 e. The van der Waals surface area contributed by atoms with Crippen LogP contribution in [0.2, 0.25) is 0 Å². The number of hydrogen-bond acceptors (Lipinski definition) is 4. The third kappa shape index (κ3) is 3.32. The summed E-state index contributed by atoms with van der Waals surface area (Å²) < 4.78 is 5.57. The molecule has 1 aliphatic heterocycles. The fraction of sp³-hybridized carbons (Fsp3) is 0.692. The lowest BCUT2D eigenvalue weighted by atomic mass is 9.98. The molecule has 100 valence electrons. The molecule has 1 aromatic rings. The molecule has 0 spiro atoms. The van der Waals surface area contributed by atoms with E-state index in [9.17, 15) is 4.79 Å². The quantitative estimate of drug-likeness (QED) is 0.851. The first-order chi connectivity index (χ1) is 8.66. The Labute approximate surface area is 107 Å². The Morgan fingerprint density at radius 2 is 2.28 bits per heavy atom. The molecule has 2 rings (SSSR count). The molecule has 18 heavy (non-hydrogen) atoms. The van der Waals surface area contributed by atoms with Crippen LogP contribution in [-0.2, 0) is 0 Å². The van der Waals surface area contributed by atoms with Crippen LogP contribution in [0.3, 0.4) is 0 Å². The molecule has 0 atom stereocenters. The van der Waals surface area contributed by atoms with Crippen molar-refractivity contribution >= 4 is 5.91 Å². The predicted molar refractivity (Wildman–Crippen MR) is 68.5 cm³/mol. The summed E-state index contributed by atoms with van der Waals surface area (Å²) in [5.41, 5.74) is 0. The van der Waals surface area contributed by atoms with E-state index in [0.29, 0.717) is 30.0 Å². The maximum absolute atomic E-state index is 11.8. The van der Waals surface area contributed by atoms with Crippen molar-refractivity contribution in [3.05, 3.63) is 17.8 Å². The molecule has 1 amide bonds. The van der Waals surface area contributed by atoms with Gasteiger partial charge in [0.15, 0.2) is 5.89 Å². The number of carbonyl (C=O) groups excluding carboxylic acids is 1. The van der Waals surface area contributed by atoms with Gasteiger partial charge in [0.1, 0.15) is 0 Å². The van der Waals surface area contributed by atoms with Crippen molar-refractivity contribution in [2.75, 3.05) is 19.6 Å². The summed E-state index contributed by atoms with van der Waals surface area (Å²) in [5, 5.41) is 6.13. The van der Waals surface area contributed by atoms with Gasteiger partial charge in [0.25, 0.3) is 5.91 Å². The van der Waals surface area contributed by atoms with Crippen molar-refractivity contribution in [3.8, 4) is 0 Å². The monoisotopic (exact) mass is 251 g/mol. The van der Waals surface area contributed by atoms with E-state index in [-0.39, 0.29) is 5.91 Å². The zero-order valence-corrected chi connectivity index (χ0v) is 11.0. The lowest BCUT2D eigenvalue weighted by molar-refractivity contribution is 0.0918. The van der Waals surface area contributed by atoms with Crippen molar-refractivity contribution < 1.29 is 9.21 Å². The highest BCUT2D eigenvalue weighted by Gasteiger charge is 2.21. The summed E-state index contributed by atoms with van der Waals surface area (Å²) in [6, 6.07) is 0. The van der Waals surface area contributed by atoms with E-state index in [4.69, 9.17) is 4.42 Å². The molecule has 1 aliphatic rings. The Balaban J connectivity index is 1.94. The zero-order chi connectivity index (χ0) is 13.0. The van der Waals surface area contributed by atoms with E-state index in [0.717, 1.165) is 25.9 Å². The van der Waals surface area contributed by atoms with Crippen LogP contribution in [0, 0.1) is 5.92 Å². The van der Waals surface area contributed by atoms with Gasteiger partial charge in [-0.1, -0.05) is 13.8 Å². The smallest absolute Gasteiger partial charge is 0.288 e. The van der Waals surface area contributed by atoms with Gasteiger partial charge in [-0.2, -0.15) is 0 Å². The summed E-state index contributed by atoms with van der Waals surface area (Å²) in [5.74, 6) is 1.63. The van der Waals surface area contributed by atoms with Gasteiger partial charge >= 0.3 is 0 Å². The van der Waals surface area contributed by atoms with Crippen LogP contribution in [0.4, 0.5) is 0 Å². The Bertz CT molecular complexity index is 395. The fourth-order valence-corrected chi connectivity index (χ4v) is 2.03. The van der Waals surface area contributed by atoms with Gasteiger partial charge in [-0.05, 0) is 31.8 Å². The molecule has 5 heteroatoms. The minimum atomic E-state index is -0.170. The average Bonchev–Trinajstić information content (AvgIpc) is 2.86. The molecule has 0 aliphatic carbocycles. The molecular weight excluding hydrogens is 230 g/mol. The van der Waals surface area contributed by atoms with Gasteiger partial charge in [0.05, 0.1) is 6.20 Å². The van der Waals surface area contributed by atoms with Crippen LogP contribution in [0.25, 0.3) is 0 Å². The number of nitrogens with zero attached hydrogens (tertiary/aromatic N) is 1. The van der Waals surface area contributed by atoms with Crippen molar-refractivity contribution in [2.24, 2.45) is 5.92 Å². The van der Waals surface area contributed by atoms with Crippen LogP contribution in [-0.4, -0.2) is 30.5 Å². The van der Waals surface area contributed by atoms with Crippen molar-refractivity contribution in [2.45, 2.75) is 32.6 Å². The van der Waals surface area contributed by atoms with Gasteiger partial charge < -0.3 is 15.1 Å². The Morgan fingerprint density at radius 1 is 1.56 bits per heavy atom. The molecule has 0 unspecified atom stereocenters. The van der Waals surface area contributed by atoms with Crippen molar-refractivity contribution in [1.82, 2.24) is 15.6 Å². The minimum Gasteiger partial charge on any atom is -0.435 e. The third-order valence-corrected chi connectivity index (χ3v) is 3.11. The molecule has 0 saturated carbocycles. The first-order valence-corrected chi connectivity index (χ1v) is 6.61. The number of aromatic nitrogens is 1. The van der Waals surface area contributed by atoms with Crippen LogP contribution in [0.15, 0.2) is 10.6 Å². The summed E-state index contributed by atoms with van der Waals surface area (Å²) in [6.07, 6.45) is 3.58. The molecule has 2 N–H and O–H groups in total. The number of nitrogens with one attached hydrogen (secondary N) is 2. The number of amides is 1. The van der Waals surface area contributed by atoms with Gasteiger partial charge in [-0.3, -0.25) is 4.79 Å².